The van der Waals surface area contributed by atoms with Crippen molar-refractivity contribution in [2.75, 3.05) is 0 Å². The van der Waals surface area contributed by atoms with E-state index in [0.29, 0.717) is 15.9 Å². The van der Waals surface area contributed by atoms with Crippen LogP contribution in [0.2, 0.25) is 0 Å². The Morgan fingerprint density at radius 1 is 0.491 bits per heavy atom. The molecule has 53 heavy (non-hydrogen) atoms. The largest absolute Gasteiger partial charge is 0.309 e. The van der Waals surface area contributed by atoms with Crippen LogP contribution in [0.3, 0.4) is 0 Å². The minimum atomic E-state index is -0.0450. The fourth-order valence-electron chi connectivity index (χ4n) is 7.84. The summed E-state index contributed by atoms with van der Waals surface area (Å²) in [7, 11) is 0. The molecule has 0 saturated heterocycles. The number of fused-ring (bicyclic) bond motifs is 10. The van der Waals surface area contributed by atoms with Crippen molar-refractivity contribution in [2.45, 2.75) is 20.3 Å². The van der Waals surface area contributed by atoms with E-state index < -0.39 is 0 Å². The highest BCUT2D eigenvalue weighted by Gasteiger charge is 2.18. The Morgan fingerprint density at radius 3 is 1.66 bits per heavy atom. The van der Waals surface area contributed by atoms with Crippen LogP contribution >= 0.6 is 11.3 Å². The molecule has 0 saturated carbocycles. The molecule has 7 aromatic carbocycles. The van der Waals surface area contributed by atoms with Gasteiger partial charge < -0.3 is 9.13 Å². The Balaban J connectivity index is 0.00000113. The van der Waals surface area contributed by atoms with Crippen molar-refractivity contribution < 1.29 is 0 Å². The van der Waals surface area contributed by atoms with Gasteiger partial charge in [0.05, 0.1) is 43.2 Å². The zero-order valence-corrected chi connectivity index (χ0v) is 30.1. The molecule has 5 nitrogen and oxygen atoms in total. The Morgan fingerprint density at radius 2 is 1.02 bits per heavy atom. The monoisotopic (exact) mass is 702 g/mol. The van der Waals surface area contributed by atoms with Crippen molar-refractivity contribution in [3.05, 3.63) is 168 Å². The average Bonchev–Trinajstić information content (AvgIpc) is 3.86. The molecule has 0 amide bonds. The molecule has 0 spiro atoms. The summed E-state index contributed by atoms with van der Waals surface area (Å²) in [6.07, 6.45) is 1.25. The summed E-state index contributed by atoms with van der Waals surface area (Å²) in [6.45, 7) is 4.25. The number of hydrogen-bond donors (Lipinski definition) is 0. The topological polar surface area (TPSA) is 44.2 Å². The van der Waals surface area contributed by atoms with Crippen LogP contribution in [-0.2, 0) is 0 Å². The van der Waals surface area contributed by atoms with Crippen molar-refractivity contribution in [1.82, 2.24) is 18.5 Å². The second-order valence-corrected chi connectivity index (χ2v) is 14.5. The van der Waals surface area contributed by atoms with Gasteiger partial charge in [0.1, 0.15) is 0 Å². The number of hydrogen-bond acceptors (Lipinski definition) is 3. The summed E-state index contributed by atoms with van der Waals surface area (Å²) < 4.78 is 7.41. The third-order valence-corrected chi connectivity index (χ3v) is 11.1. The minimum Gasteiger partial charge on any atom is -0.309 e. The molecule has 254 valence electrons. The van der Waals surface area contributed by atoms with Crippen molar-refractivity contribution in [3.8, 4) is 22.5 Å². The fraction of sp³-hybridized carbons (Fsp3) is 0.0638. The van der Waals surface area contributed by atoms with Gasteiger partial charge in [-0.05, 0) is 90.0 Å². The molecule has 4 heterocycles. The molecule has 6 heteroatoms. The van der Waals surface area contributed by atoms with Crippen molar-refractivity contribution in [3.63, 3.8) is 0 Å². The van der Waals surface area contributed by atoms with Gasteiger partial charge in [-0.15, -0.1) is 0 Å². The van der Waals surface area contributed by atoms with E-state index in [1.54, 1.807) is 15.7 Å². The third kappa shape index (κ3) is 4.83. The third-order valence-electron chi connectivity index (χ3n) is 10.1. The first-order valence-corrected chi connectivity index (χ1v) is 18.9. The summed E-state index contributed by atoms with van der Waals surface area (Å²) in [5.74, 6) is 0. The van der Waals surface area contributed by atoms with E-state index in [-0.39, 0.29) is 5.56 Å². The molecule has 0 radical (unpaired) electrons. The summed E-state index contributed by atoms with van der Waals surface area (Å²) in [5, 5.41) is 5.40. The lowest BCUT2D eigenvalue weighted by Crippen LogP contribution is -2.14. The van der Waals surface area contributed by atoms with Crippen molar-refractivity contribution in [2.24, 2.45) is 0 Å². The van der Waals surface area contributed by atoms with E-state index >= 15 is 0 Å². The summed E-state index contributed by atoms with van der Waals surface area (Å²) in [4.78, 5) is 19.6. The number of para-hydroxylation sites is 4. The smallest absolute Gasteiger partial charge is 0.266 e. The SMILES string of the molecule is CCC.O=c1c2cc(-n3c4ccccc4c4cc(-c5ccc6c(c5)c5ccccc5n6-c5ccccc5)ccc43)ccc2nc2sc3ccccc3n12. The quantitative estimate of drug-likeness (QED) is 0.184. The molecule has 0 fully saturated rings. The summed E-state index contributed by atoms with van der Waals surface area (Å²) in [5.41, 5.74) is 10.5. The minimum absolute atomic E-state index is 0.0450. The van der Waals surface area contributed by atoms with Gasteiger partial charge >= 0.3 is 0 Å². The van der Waals surface area contributed by atoms with E-state index in [4.69, 9.17) is 4.98 Å². The lowest BCUT2D eigenvalue weighted by molar-refractivity contribution is 1.09. The van der Waals surface area contributed by atoms with Gasteiger partial charge in [-0.2, -0.15) is 0 Å². The van der Waals surface area contributed by atoms with E-state index in [1.165, 1.54) is 44.6 Å². The molecular formula is C47H34N4OS. The zero-order chi connectivity index (χ0) is 35.6. The summed E-state index contributed by atoms with van der Waals surface area (Å²) >= 11 is 1.54. The highest BCUT2D eigenvalue weighted by atomic mass is 32.1. The van der Waals surface area contributed by atoms with Crippen LogP contribution in [0.25, 0.3) is 92.2 Å². The lowest BCUT2D eigenvalue weighted by atomic mass is 10.0. The molecule has 0 aliphatic carbocycles. The lowest BCUT2D eigenvalue weighted by Gasteiger charge is -2.10. The van der Waals surface area contributed by atoms with Crippen LogP contribution in [0.5, 0.6) is 0 Å². The normalized spacial score (nSPS) is 11.7. The van der Waals surface area contributed by atoms with E-state index in [9.17, 15) is 4.79 Å². The highest BCUT2D eigenvalue weighted by Crippen LogP contribution is 2.38. The molecule has 0 N–H and O–H groups in total. The van der Waals surface area contributed by atoms with Crippen molar-refractivity contribution >= 4 is 81.0 Å². The maximum absolute atomic E-state index is 14.0. The van der Waals surface area contributed by atoms with Gasteiger partial charge in [-0.25, -0.2) is 4.98 Å². The zero-order valence-electron chi connectivity index (χ0n) is 29.3. The predicted octanol–water partition coefficient (Wildman–Crippen LogP) is 12.3. The predicted molar refractivity (Wildman–Crippen MR) is 224 cm³/mol. The molecule has 0 unspecified atom stereocenters. The standard InChI is InChI=1S/C44H26N4OS.C3H8/c49-43-35-26-30(20-21-36(35)45-44-48(43)41-16-8-9-17-42(41)50-44)47-38-15-7-5-13-32(38)34-25-28(19-23-40(34)47)27-18-22-39-33(24-27)31-12-4-6-14-37(31)46(39)29-10-2-1-3-11-29;1-3-2/h1-26H;3H2,1-2H3. The van der Waals surface area contributed by atoms with Gasteiger partial charge in [0.2, 0.25) is 0 Å². The van der Waals surface area contributed by atoms with E-state index in [0.717, 1.165) is 38.2 Å². The Bertz CT molecular complexity index is 3260. The number of aromatic nitrogens is 4. The van der Waals surface area contributed by atoms with Crippen LogP contribution in [0.15, 0.2) is 163 Å². The van der Waals surface area contributed by atoms with Crippen LogP contribution in [0, 0.1) is 0 Å². The maximum atomic E-state index is 14.0. The second kappa shape index (κ2) is 12.3. The Kier molecular flexibility index (Phi) is 7.27. The average molecular weight is 703 g/mol. The molecule has 11 aromatic rings. The maximum Gasteiger partial charge on any atom is 0.266 e. The highest BCUT2D eigenvalue weighted by molar-refractivity contribution is 7.23. The van der Waals surface area contributed by atoms with Gasteiger partial charge in [-0.3, -0.25) is 9.20 Å². The molecule has 0 bridgehead atoms. The number of rotatable bonds is 3. The van der Waals surface area contributed by atoms with Crippen LogP contribution in [-0.4, -0.2) is 18.5 Å². The van der Waals surface area contributed by atoms with Crippen molar-refractivity contribution in [1.29, 1.82) is 0 Å². The van der Waals surface area contributed by atoms with E-state index in [2.05, 4.69) is 144 Å². The molecule has 11 rings (SSSR count). The first kappa shape index (κ1) is 31.3. The van der Waals surface area contributed by atoms with E-state index in [1.807, 2.05) is 36.4 Å². The number of benzene rings is 7. The van der Waals surface area contributed by atoms with Gasteiger partial charge in [-0.1, -0.05) is 110 Å². The van der Waals surface area contributed by atoms with Gasteiger partial charge in [0.15, 0.2) is 4.96 Å². The molecule has 0 atom stereocenters. The number of thiazole rings is 1. The van der Waals surface area contributed by atoms with Crippen LogP contribution in [0.1, 0.15) is 20.3 Å². The fourth-order valence-corrected chi connectivity index (χ4v) is 8.86. The number of nitrogens with zero attached hydrogens (tertiary/aromatic N) is 4. The molecule has 0 aliphatic heterocycles. The summed E-state index contributed by atoms with van der Waals surface area (Å²) in [6, 6.07) is 55.3. The first-order chi connectivity index (χ1) is 26.1. The molecule has 0 aliphatic rings. The Hall–Kier alpha value is -6.50. The van der Waals surface area contributed by atoms with Crippen LogP contribution < -0.4 is 5.56 Å². The van der Waals surface area contributed by atoms with Gasteiger partial charge in [0.25, 0.3) is 5.56 Å². The second-order valence-electron chi connectivity index (χ2n) is 13.5. The first-order valence-electron chi connectivity index (χ1n) is 18.1. The van der Waals surface area contributed by atoms with Crippen LogP contribution in [0.4, 0.5) is 0 Å². The van der Waals surface area contributed by atoms with Gasteiger partial charge in [0, 0.05) is 32.9 Å². The Labute approximate surface area is 309 Å². The molecular weight excluding hydrogens is 669 g/mol. The molecule has 4 aromatic heterocycles.